The van der Waals surface area contributed by atoms with E-state index in [0.717, 1.165) is 27.8 Å². The molecule has 4 aromatic rings. The van der Waals surface area contributed by atoms with E-state index >= 15 is 0 Å². The first kappa shape index (κ1) is 43.3. The minimum absolute atomic E-state index is 0.0736. The van der Waals surface area contributed by atoms with Gasteiger partial charge in [0, 0.05) is 43.4 Å². The molecular formula is C44H47N7O10. The predicted molar refractivity (Wildman–Crippen MR) is 224 cm³/mol. The zero-order valence-electron chi connectivity index (χ0n) is 33.6. The van der Waals surface area contributed by atoms with Crippen LogP contribution in [0.2, 0.25) is 0 Å². The summed E-state index contributed by atoms with van der Waals surface area (Å²) in [5.41, 5.74) is 10.1. The number of nitrogens with one attached hydrogen (secondary N) is 5. The van der Waals surface area contributed by atoms with Gasteiger partial charge in [-0.3, -0.25) is 19.7 Å². The number of ether oxygens (including phenoxy) is 3. The lowest BCUT2D eigenvalue weighted by Gasteiger charge is -2.23. The third-order valence-electron chi connectivity index (χ3n) is 10.4. The Morgan fingerprint density at radius 3 is 2.13 bits per heavy atom. The number of nitrogens with two attached hydrogens (primary N) is 1. The Balaban J connectivity index is 1.01. The molecule has 61 heavy (non-hydrogen) atoms. The van der Waals surface area contributed by atoms with E-state index in [4.69, 9.17) is 19.9 Å². The monoisotopic (exact) mass is 833 g/mol. The minimum Gasteiger partial charge on any atom is -0.449 e. The fourth-order valence-electron chi connectivity index (χ4n) is 7.27. The Bertz CT molecular complexity index is 2250. The fraction of sp³-hybridized carbons (Fsp3) is 0.295. The van der Waals surface area contributed by atoms with E-state index in [9.17, 15) is 34.1 Å². The molecule has 0 radical (unpaired) electrons. The molecule has 0 heterocycles. The SMILES string of the molecule is CC(C)=CC(NCCNC(=O)OCC1c2ccccc2-c2ccccc21)C(=O)NC1(C(=O)Nc2ccc(COC(=O)Oc3ccc([N+](=O)[O-])cc3)cc2)CC1CCNC(N)=O. The van der Waals surface area contributed by atoms with Crippen LogP contribution in [0.1, 0.15) is 49.3 Å². The van der Waals surface area contributed by atoms with Crippen molar-refractivity contribution in [3.8, 4) is 16.9 Å². The highest BCUT2D eigenvalue weighted by Gasteiger charge is 2.60. The van der Waals surface area contributed by atoms with Crippen molar-refractivity contribution in [3.63, 3.8) is 0 Å². The predicted octanol–water partition coefficient (Wildman–Crippen LogP) is 5.65. The lowest BCUT2D eigenvalue weighted by Crippen LogP contribution is -2.54. The number of amides is 5. The fourth-order valence-corrected chi connectivity index (χ4v) is 7.27. The molecule has 4 aromatic carbocycles. The summed E-state index contributed by atoms with van der Waals surface area (Å²) in [4.78, 5) is 74.3. The van der Waals surface area contributed by atoms with Crippen LogP contribution in [0.3, 0.4) is 0 Å². The van der Waals surface area contributed by atoms with Crippen molar-refractivity contribution < 1.29 is 43.1 Å². The molecule has 1 fully saturated rings. The van der Waals surface area contributed by atoms with Crippen molar-refractivity contribution in [1.29, 1.82) is 0 Å². The van der Waals surface area contributed by atoms with E-state index in [1.807, 2.05) is 50.2 Å². The van der Waals surface area contributed by atoms with Crippen molar-refractivity contribution in [3.05, 3.63) is 136 Å². The highest BCUT2D eigenvalue weighted by Crippen LogP contribution is 2.47. The van der Waals surface area contributed by atoms with Gasteiger partial charge in [-0.25, -0.2) is 14.4 Å². The van der Waals surface area contributed by atoms with Gasteiger partial charge in [0.25, 0.3) is 5.69 Å². The molecule has 0 aliphatic heterocycles. The van der Waals surface area contributed by atoms with Crippen molar-refractivity contribution in [2.24, 2.45) is 11.7 Å². The van der Waals surface area contributed by atoms with Gasteiger partial charge in [-0.1, -0.05) is 72.3 Å². The number of allylic oxidation sites excluding steroid dienone is 1. The number of benzene rings is 4. The second-order valence-corrected chi connectivity index (χ2v) is 14.9. The highest BCUT2D eigenvalue weighted by molar-refractivity contribution is 6.04. The van der Waals surface area contributed by atoms with E-state index in [0.29, 0.717) is 24.1 Å². The number of hydrogen-bond acceptors (Lipinski definition) is 11. The summed E-state index contributed by atoms with van der Waals surface area (Å²) in [5.74, 6) is -1.26. The number of nitrogens with zero attached hydrogens (tertiary/aromatic N) is 1. The minimum atomic E-state index is -1.30. The quantitative estimate of drug-likeness (QED) is 0.0179. The van der Waals surface area contributed by atoms with Crippen LogP contribution >= 0.6 is 0 Å². The van der Waals surface area contributed by atoms with Crippen LogP contribution < -0.4 is 37.1 Å². The molecule has 0 spiro atoms. The zero-order chi connectivity index (χ0) is 43.5. The number of carbonyl (C=O) groups is 5. The average molecular weight is 834 g/mol. The van der Waals surface area contributed by atoms with E-state index in [-0.39, 0.29) is 56.1 Å². The summed E-state index contributed by atoms with van der Waals surface area (Å²) < 4.78 is 15.8. The lowest BCUT2D eigenvalue weighted by molar-refractivity contribution is -0.384. The molecule has 17 nitrogen and oxygen atoms in total. The topological polar surface area (TPSA) is 242 Å². The van der Waals surface area contributed by atoms with Gasteiger partial charge in [0.15, 0.2) is 0 Å². The number of primary amides is 1. The second-order valence-electron chi connectivity index (χ2n) is 14.9. The van der Waals surface area contributed by atoms with Crippen LogP contribution in [0.4, 0.5) is 25.8 Å². The molecule has 3 atom stereocenters. The van der Waals surface area contributed by atoms with E-state index in [1.54, 1.807) is 30.3 Å². The molecule has 17 heteroatoms. The third-order valence-corrected chi connectivity index (χ3v) is 10.4. The Hall–Kier alpha value is -7.27. The van der Waals surface area contributed by atoms with Gasteiger partial charge in [-0.05, 0) is 84.7 Å². The lowest BCUT2D eigenvalue weighted by atomic mass is 9.98. The number of alkyl carbamates (subject to hydrolysis) is 1. The molecule has 3 unspecified atom stereocenters. The maximum absolute atomic E-state index is 13.9. The van der Waals surface area contributed by atoms with E-state index < -0.39 is 46.6 Å². The van der Waals surface area contributed by atoms with Gasteiger partial charge in [-0.2, -0.15) is 0 Å². The summed E-state index contributed by atoms with van der Waals surface area (Å²) in [7, 11) is 0. The molecular weight excluding hydrogens is 787 g/mol. The smallest absolute Gasteiger partial charge is 0.449 e. The maximum atomic E-state index is 13.9. The molecule has 5 amide bonds. The van der Waals surface area contributed by atoms with Crippen LogP contribution in [-0.4, -0.2) is 72.8 Å². The van der Waals surface area contributed by atoms with Crippen molar-refractivity contribution >= 4 is 41.5 Å². The van der Waals surface area contributed by atoms with Crippen LogP contribution in [0.25, 0.3) is 11.1 Å². The second kappa shape index (κ2) is 19.7. The summed E-state index contributed by atoms with van der Waals surface area (Å²) in [5, 5.41) is 25.1. The Morgan fingerprint density at radius 1 is 0.852 bits per heavy atom. The van der Waals surface area contributed by atoms with Gasteiger partial charge in [0.1, 0.15) is 30.5 Å². The Kier molecular flexibility index (Phi) is 14.0. The molecule has 2 aliphatic carbocycles. The van der Waals surface area contributed by atoms with Gasteiger partial charge < -0.3 is 46.5 Å². The van der Waals surface area contributed by atoms with Crippen molar-refractivity contribution in [2.45, 2.75) is 50.8 Å². The number of non-ortho nitro benzene ring substituents is 1. The van der Waals surface area contributed by atoms with Gasteiger partial charge >= 0.3 is 18.3 Å². The largest absolute Gasteiger partial charge is 0.514 e. The van der Waals surface area contributed by atoms with Crippen LogP contribution in [-0.2, 0) is 25.7 Å². The number of anilines is 1. The Labute approximate surface area is 351 Å². The summed E-state index contributed by atoms with van der Waals surface area (Å²) in [6.07, 6.45) is 0.799. The first-order valence-corrected chi connectivity index (χ1v) is 19.6. The molecule has 6 rings (SSSR count). The summed E-state index contributed by atoms with van der Waals surface area (Å²) in [6, 6.07) is 26.0. The number of nitro groups is 1. The van der Waals surface area contributed by atoms with Crippen LogP contribution in [0.5, 0.6) is 5.75 Å². The van der Waals surface area contributed by atoms with Gasteiger partial charge in [-0.15, -0.1) is 0 Å². The number of urea groups is 1. The molecule has 7 N–H and O–H groups in total. The molecule has 2 aliphatic rings. The molecule has 0 saturated heterocycles. The first-order valence-electron chi connectivity index (χ1n) is 19.6. The standard InChI is InChI=1S/C44H47N7O10/c1-27(2)23-38(46-21-22-48-42(55)59-26-37-35-9-5-3-7-33(35)34-8-4-6-10-36(34)37)39(52)50-44(24-29(44)19-20-47-41(45)54)40(53)49-30-13-11-28(12-14-30)25-60-43(56)61-32-17-15-31(16-18-32)51(57)58/h3-18,23,29,37-38,46H,19-22,24-26H2,1-2H3,(H,48,55)(H,49,53)(H,50,52)(H3,45,47,54). The van der Waals surface area contributed by atoms with Gasteiger partial charge in [0.05, 0.1) is 4.92 Å². The first-order chi connectivity index (χ1) is 29.3. The highest BCUT2D eigenvalue weighted by atomic mass is 16.7. The molecule has 0 bridgehead atoms. The number of hydrogen-bond donors (Lipinski definition) is 6. The zero-order valence-corrected chi connectivity index (χ0v) is 33.6. The maximum Gasteiger partial charge on any atom is 0.514 e. The summed E-state index contributed by atoms with van der Waals surface area (Å²) >= 11 is 0. The number of rotatable bonds is 18. The van der Waals surface area contributed by atoms with Crippen LogP contribution in [0, 0.1) is 16.0 Å². The number of carbonyl (C=O) groups excluding carboxylic acids is 5. The van der Waals surface area contributed by atoms with Crippen molar-refractivity contribution in [1.82, 2.24) is 21.3 Å². The van der Waals surface area contributed by atoms with Crippen LogP contribution in [0.15, 0.2) is 109 Å². The van der Waals surface area contributed by atoms with E-state index in [2.05, 4.69) is 38.7 Å². The third kappa shape index (κ3) is 11.3. The molecule has 1 saturated carbocycles. The van der Waals surface area contributed by atoms with Crippen molar-refractivity contribution in [2.75, 3.05) is 31.6 Å². The normalized spacial score (nSPS) is 16.4. The Morgan fingerprint density at radius 2 is 1.51 bits per heavy atom. The number of fused-ring (bicyclic) bond motifs is 3. The molecule has 318 valence electrons. The summed E-state index contributed by atoms with van der Waals surface area (Å²) in [6.45, 7) is 4.25. The number of nitro benzene ring substituents is 1. The molecule has 0 aromatic heterocycles. The van der Waals surface area contributed by atoms with E-state index in [1.165, 1.54) is 24.3 Å². The van der Waals surface area contributed by atoms with Gasteiger partial charge in [0.2, 0.25) is 11.8 Å². The average Bonchev–Trinajstić information content (AvgIpc) is 3.84.